The zero-order valence-electron chi connectivity index (χ0n) is 10.6. The number of aryl methyl sites for hydroxylation is 1. The molecule has 19 heavy (non-hydrogen) atoms. The third-order valence-corrected chi connectivity index (χ3v) is 5.26. The highest BCUT2D eigenvalue weighted by Gasteiger charge is 2.02. The van der Waals surface area contributed by atoms with Gasteiger partial charge in [0.15, 0.2) is 0 Å². The van der Waals surface area contributed by atoms with Crippen LogP contribution in [-0.2, 0) is 6.54 Å². The van der Waals surface area contributed by atoms with Crippen LogP contribution in [-0.4, -0.2) is 12.3 Å². The standard InChI is InChI=1S/C14H15Cl2NS2/c1-10-2-4-12(19-10)9-17-6-7-18-14-8-11(15)3-5-13(14)16/h2-5,8,17H,6-7,9H2,1H3. The van der Waals surface area contributed by atoms with Gasteiger partial charge >= 0.3 is 0 Å². The molecule has 102 valence electrons. The van der Waals surface area contributed by atoms with Gasteiger partial charge in [0.05, 0.1) is 5.02 Å². The van der Waals surface area contributed by atoms with E-state index < -0.39 is 0 Å². The summed E-state index contributed by atoms with van der Waals surface area (Å²) in [7, 11) is 0. The lowest BCUT2D eigenvalue weighted by Crippen LogP contribution is -2.15. The molecule has 0 amide bonds. The fourth-order valence-corrected chi connectivity index (χ4v) is 3.87. The molecule has 0 aliphatic rings. The Morgan fingerprint density at radius 2 is 2.05 bits per heavy atom. The van der Waals surface area contributed by atoms with Gasteiger partial charge in [-0.15, -0.1) is 23.1 Å². The molecule has 1 heterocycles. The minimum absolute atomic E-state index is 0.730. The molecule has 0 bridgehead atoms. The monoisotopic (exact) mass is 331 g/mol. The van der Waals surface area contributed by atoms with Crippen molar-refractivity contribution >= 4 is 46.3 Å². The van der Waals surface area contributed by atoms with E-state index in [1.54, 1.807) is 11.8 Å². The van der Waals surface area contributed by atoms with E-state index in [0.717, 1.165) is 33.8 Å². The normalized spacial score (nSPS) is 10.9. The maximum absolute atomic E-state index is 6.11. The Balaban J connectivity index is 1.70. The van der Waals surface area contributed by atoms with Crippen LogP contribution in [0, 0.1) is 6.92 Å². The van der Waals surface area contributed by atoms with Crippen molar-refractivity contribution in [1.29, 1.82) is 0 Å². The average molecular weight is 332 g/mol. The van der Waals surface area contributed by atoms with Crippen LogP contribution in [0.1, 0.15) is 9.75 Å². The zero-order chi connectivity index (χ0) is 13.7. The number of nitrogens with one attached hydrogen (secondary N) is 1. The van der Waals surface area contributed by atoms with Crippen molar-refractivity contribution in [2.75, 3.05) is 12.3 Å². The summed E-state index contributed by atoms with van der Waals surface area (Å²) in [4.78, 5) is 3.78. The lowest BCUT2D eigenvalue weighted by Gasteiger charge is -2.05. The highest BCUT2D eigenvalue weighted by molar-refractivity contribution is 7.99. The Bertz CT molecular complexity index is 540. The first-order valence-electron chi connectivity index (χ1n) is 5.99. The van der Waals surface area contributed by atoms with Gasteiger partial charge in [-0.1, -0.05) is 23.2 Å². The fourth-order valence-electron chi connectivity index (χ4n) is 1.61. The molecule has 0 radical (unpaired) electrons. The Hall–Kier alpha value is -0.190. The van der Waals surface area contributed by atoms with Gasteiger partial charge in [-0.05, 0) is 37.3 Å². The van der Waals surface area contributed by atoms with E-state index in [2.05, 4.69) is 24.4 Å². The average Bonchev–Trinajstić information content (AvgIpc) is 2.79. The Morgan fingerprint density at radius 3 is 2.79 bits per heavy atom. The molecule has 0 unspecified atom stereocenters. The van der Waals surface area contributed by atoms with Crippen LogP contribution >= 0.6 is 46.3 Å². The maximum Gasteiger partial charge on any atom is 0.0542 e. The van der Waals surface area contributed by atoms with Crippen molar-refractivity contribution < 1.29 is 0 Å². The summed E-state index contributed by atoms with van der Waals surface area (Å²) in [6.45, 7) is 4.01. The SMILES string of the molecule is Cc1ccc(CNCCSc2cc(Cl)ccc2Cl)s1. The van der Waals surface area contributed by atoms with Gasteiger partial charge < -0.3 is 5.32 Å². The molecule has 1 nitrogen and oxygen atoms in total. The van der Waals surface area contributed by atoms with Gasteiger partial charge in [0.2, 0.25) is 0 Å². The number of hydrogen-bond acceptors (Lipinski definition) is 3. The van der Waals surface area contributed by atoms with Crippen LogP contribution in [0.2, 0.25) is 10.0 Å². The van der Waals surface area contributed by atoms with E-state index >= 15 is 0 Å². The molecule has 1 aromatic heterocycles. The molecule has 0 aliphatic carbocycles. The summed E-state index contributed by atoms with van der Waals surface area (Å²) in [5, 5.41) is 4.93. The van der Waals surface area contributed by atoms with E-state index in [0.29, 0.717) is 0 Å². The quantitative estimate of drug-likeness (QED) is 0.573. The first-order chi connectivity index (χ1) is 9.15. The van der Waals surface area contributed by atoms with E-state index in [1.165, 1.54) is 9.75 Å². The van der Waals surface area contributed by atoms with Crippen molar-refractivity contribution in [3.8, 4) is 0 Å². The third-order valence-electron chi connectivity index (χ3n) is 2.52. The summed E-state index contributed by atoms with van der Waals surface area (Å²) in [5.41, 5.74) is 0. The number of thioether (sulfide) groups is 1. The maximum atomic E-state index is 6.11. The van der Waals surface area contributed by atoms with Crippen molar-refractivity contribution in [3.63, 3.8) is 0 Å². The molecule has 0 aliphatic heterocycles. The van der Waals surface area contributed by atoms with Crippen molar-refractivity contribution in [2.24, 2.45) is 0 Å². The molecular weight excluding hydrogens is 317 g/mol. The summed E-state index contributed by atoms with van der Waals surface area (Å²) in [6.07, 6.45) is 0. The molecule has 2 aromatic rings. The van der Waals surface area contributed by atoms with Crippen LogP contribution in [0.3, 0.4) is 0 Å². The van der Waals surface area contributed by atoms with E-state index in [4.69, 9.17) is 23.2 Å². The second kappa shape index (κ2) is 7.55. The van der Waals surface area contributed by atoms with Gasteiger partial charge in [0.25, 0.3) is 0 Å². The number of halogens is 2. The number of hydrogen-bond donors (Lipinski definition) is 1. The molecule has 1 N–H and O–H groups in total. The first kappa shape index (κ1) is 15.2. The topological polar surface area (TPSA) is 12.0 Å². The van der Waals surface area contributed by atoms with Crippen molar-refractivity contribution in [1.82, 2.24) is 5.32 Å². The number of rotatable bonds is 6. The smallest absolute Gasteiger partial charge is 0.0542 e. The van der Waals surface area contributed by atoms with Gasteiger partial charge in [-0.3, -0.25) is 0 Å². The van der Waals surface area contributed by atoms with E-state index in [1.807, 2.05) is 29.5 Å². The molecule has 0 fully saturated rings. The molecule has 0 atom stereocenters. The van der Waals surface area contributed by atoms with Crippen LogP contribution in [0.25, 0.3) is 0 Å². The highest BCUT2D eigenvalue weighted by atomic mass is 35.5. The third kappa shape index (κ3) is 5.01. The largest absolute Gasteiger partial charge is 0.311 e. The van der Waals surface area contributed by atoms with E-state index in [-0.39, 0.29) is 0 Å². The van der Waals surface area contributed by atoms with Crippen molar-refractivity contribution in [3.05, 3.63) is 50.1 Å². The lowest BCUT2D eigenvalue weighted by atomic mass is 10.4. The molecule has 0 spiro atoms. The van der Waals surface area contributed by atoms with Gasteiger partial charge in [0.1, 0.15) is 0 Å². The van der Waals surface area contributed by atoms with Gasteiger partial charge in [-0.25, -0.2) is 0 Å². The van der Waals surface area contributed by atoms with Crippen LogP contribution in [0.5, 0.6) is 0 Å². The minimum Gasteiger partial charge on any atom is -0.311 e. The summed E-state index contributed by atoms with van der Waals surface area (Å²) < 4.78 is 0. The molecule has 2 rings (SSSR count). The Labute approximate surface area is 132 Å². The van der Waals surface area contributed by atoms with Gasteiger partial charge in [0, 0.05) is 38.5 Å². The van der Waals surface area contributed by atoms with Crippen LogP contribution in [0.15, 0.2) is 35.2 Å². The number of thiophene rings is 1. The summed E-state index contributed by atoms with van der Waals surface area (Å²) in [6, 6.07) is 9.90. The predicted molar refractivity (Wildman–Crippen MR) is 87.9 cm³/mol. The van der Waals surface area contributed by atoms with Crippen LogP contribution in [0.4, 0.5) is 0 Å². The zero-order valence-corrected chi connectivity index (χ0v) is 13.7. The highest BCUT2D eigenvalue weighted by Crippen LogP contribution is 2.29. The summed E-state index contributed by atoms with van der Waals surface area (Å²) >= 11 is 15.6. The lowest BCUT2D eigenvalue weighted by molar-refractivity contribution is 0.741. The van der Waals surface area contributed by atoms with Crippen LogP contribution < -0.4 is 5.32 Å². The summed E-state index contributed by atoms with van der Waals surface area (Å²) in [5.74, 6) is 0.977. The molecular formula is C14H15Cl2NS2. The van der Waals surface area contributed by atoms with Crippen molar-refractivity contribution in [2.45, 2.75) is 18.4 Å². The molecule has 5 heteroatoms. The van der Waals surface area contributed by atoms with E-state index in [9.17, 15) is 0 Å². The second-order valence-electron chi connectivity index (χ2n) is 4.11. The fraction of sp³-hybridized carbons (Fsp3) is 0.286. The molecule has 1 aromatic carbocycles. The Kier molecular flexibility index (Phi) is 6.05. The second-order valence-corrected chi connectivity index (χ2v) is 7.47. The molecule has 0 saturated heterocycles. The Morgan fingerprint density at radius 1 is 1.21 bits per heavy atom. The molecule has 0 saturated carbocycles. The predicted octanol–water partition coefficient (Wildman–Crippen LogP) is 5.25. The number of benzene rings is 1. The van der Waals surface area contributed by atoms with Gasteiger partial charge in [-0.2, -0.15) is 0 Å². The first-order valence-corrected chi connectivity index (χ1v) is 8.55. The minimum atomic E-state index is 0.730.